The van der Waals surface area contributed by atoms with Gasteiger partial charge in [-0.2, -0.15) is 0 Å². The smallest absolute Gasteiger partial charge is 0.303 e. The first-order chi connectivity index (χ1) is 12.9. The van der Waals surface area contributed by atoms with Gasteiger partial charge in [0.15, 0.2) is 5.82 Å². The molecule has 0 radical (unpaired) electrons. The van der Waals surface area contributed by atoms with Crippen LogP contribution in [0.5, 0.6) is 0 Å². The fourth-order valence-corrected chi connectivity index (χ4v) is 3.54. The number of anilines is 2. The molecule has 3 rings (SSSR count). The van der Waals surface area contributed by atoms with E-state index in [1.807, 2.05) is 4.90 Å². The minimum absolute atomic E-state index is 0.163. The molecular formula is C19H19Cl2N3O3. The molecule has 0 spiro atoms. The number of carboxylic acids is 1. The lowest BCUT2D eigenvalue weighted by Gasteiger charge is -2.33. The zero-order valence-corrected chi connectivity index (χ0v) is 16.0. The van der Waals surface area contributed by atoms with Crippen molar-refractivity contribution in [2.75, 3.05) is 23.3 Å². The Bertz CT molecular complexity index is 852. The van der Waals surface area contributed by atoms with Crippen LogP contribution in [0.15, 0.2) is 36.5 Å². The summed E-state index contributed by atoms with van der Waals surface area (Å²) in [6.45, 7) is 1.35. The first kappa shape index (κ1) is 19.5. The summed E-state index contributed by atoms with van der Waals surface area (Å²) in [5.41, 5.74) is 0.956. The average Bonchev–Trinajstić information content (AvgIpc) is 2.62. The number of nitrogens with zero attached hydrogens (tertiary/aromatic N) is 2. The van der Waals surface area contributed by atoms with Gasteiger partial charge in [0.05, 0.1) is 10.7 Å². The van der Waals surface area contributed by atoms with Crippen molar-refractivity contribution in [3.63, 3.8) is 0 Å². The minimum atomic E-state index is -0.771. The van der Waals surface area contributed by atoms with Crippen LogP contribution in [-0.2, 0) is 4.79 Å². The molecule has 1 saturated heterocycles. The maximum atomic E-state index is 12.6. The van der Waals surface area contributed by atoms with Gasteiger partial charge in [-0.3, -0.25) is 9.59 Å². The number of rotatable bonds is 5. The normalized spacial score (nSPS) is 14.8. The van der Waals surface area contributed by atoms with Crippen molar-refractivity contribution >= 4 is 46.6 Å². The third kappa shape index (κ3) is 5.11. The summed E-state index contributed by atoms with van der Waals surface area (Å²) in [7, 11) is 0. The molecule has 0 aliphatic carbocycles. The molecule has 142 valence electrons. The Labute approximate surface area is 167 Å². The Balaban J connectivity index is 1.76. The zero-order chi connectivity index (χ0) is 19.4. The molecule has 1 aromatic heterocycles. The SMILES string of the molecule is O=C(O)CC1CCN(c2ncc(Cl)cc2NC(=O)c2cccc(Cl)c2)CC1. The summed E-state index contributed by atoms with van der Waals surface area (Å²) in [5.74, 6) is -0.282. The van der Waals surface area contributed by atoms with E-state index in [0.29, 0.717) is 40.2 Å². The maximum Gasteiger partial charge on any atom is 0.303 e. The van der Waals surface area contributed by atoms with E-state index in [1.165, 1.54) is 6.20 Å². The fourth-order valence-electron chi connectivity index (χ4n) is 3.20. The van der Waals surface area contributed by atoms with Crippen molar-refractivity contribution in [3.8, 4) is 0 Å². The number of carbonyl (C=O) groups excluding carboxylic acids is 1. The Hall–Kier alpha value is -2.31. The Morgan fingerprint density at radius 1 is 1.19 bits per heavy atom. The molecule has 1 amide bonds. The van der Waals surface area contributed by atoms with E-state index in [2.05, 4.69) is 10.3 Å². The van der Waals surface area contributed by atoms with Gasteiger partial charge in [-0.25, -0.2) is 4.98 Å². The van der Waals surface area contributed by atoms with E-state index in [1.54, 1.807) is 30.3 Å². The van der Waals surface area contributed by atoms with Crippen LogP contribution in [0.4, 0.5) is 11.5 Å². The monoisotopic (exact) mass is 407 g/mol. The number of pyridine rings is 1. The number of halogens is 2. The van der Waals surface area contributed by atoms with Gasteiger partial charge in [0.1, 0.15) is 0 Å². The first-order valence-electron chi connectivity index (χ1n) is 8.61. The van der Waals surface area contributed by atoms with Crippen LogP contribution in [0.1, 0.15) is 29.6 Å². The largest absolute Gasteiger partial charge is 0.481 e. The van der Waals surface area contributed by atoms with Gasteiger partial charge in [-0.15, -0.1) is 0 Å². The molecule has 0 saturated carbocycles. The van der Waals surface area contributed by atoms with Crippen LogP contribution in [-0.4, -0.2) is 35.1 Å². The molecular weight excluding hydrogens is 389 g/mol. The van der Waals surface area contributed by atoms with Crippen molar-refractivity contribution in [1.29, 1.82) is 0 Å². The topological polar surface area (TPSA) is 82.5 Å². The van der Waals surface area contributed by atoms with Gasteiger partial charge in [-0.05, 0) is 43.0 Å². The van der Waals surface area contributed by atoms with Crippen molar-refractivity contribution in [2.45, 2.75) is 19.3 Å². The second kappa shape index (κ2) is 8.59. The number of carboxylic acid groups (broad SMARTS) is 1. The highest BCUT2D eigenvalue weighted by Gasteiger charge is 2.24. The summed E-state index contributed by atoms with van der Waals surface area (Å²) in [5, 5.41) is 12.7. The Kier molecular flexibility index (Phi) is 6.19. The molecule has 1 fully saturated rings. The van der Waals surface area contributed by atoms with E-state index in [-0.39, 0.29) is 18.2 Å². The molecule has 27 heavy (non-hydrogen) atoms. The highest BCUT2D eigenvalue weighted by Crippen LogP contribution is 2.31. The van der Waals surface area contributed by atoms with Crippen LogP contribution in [0.3, 0.4) is 0 Å². The maximum absolute atomic E-state index is 12.6. The van der Waals surface area contributed by atoms with Crippen LogP contribution in [0, 0.1) is 5.92 Å². The molecule has 0 atom stereocenters. The third-order valence-corrected chi connectivity index (χ3v) is 4.99. The van der Waals surface area contributed by atoms with E-state index in [0.717, 1.165) is 12.8 Å². The molecule has 0 unspecified atom stereocenters. The molecule has 6 nitrogen and oxygen atoms in total. The second-order valence-electron chi connectivity index (χ2n) is 6.52. The van der Waals surface area contributed by atoms with Gasteiger partial charge in [-0.1, -0.05) is 29.3 Å². The number of amides is 1. The summed E-state index contributed by atoms with van der Waals surface area (Å²) in [6.07, 6.45) is 3.24. The van der Waals surface area contributed by atoms with Gasteiger partial charge in [0, 0.05) is 36.3 Å². The first-order valence-corrected chi connectivity index (χ1v) is 9.37. The zero-order valence-electron chi connectivity index (χ0n) is 14.5. The molecule has 2 N–H and O–H groups in total. The second-order valence-corrected chi connectivity index (χ2v) is 7.39. The molecule has 1 aromatic carbocycles. The van der Waals surface area contributed by atoms with Crippen LogP contribution >= 0.6 is 23.2 Å². The highest BCUT2D eigenvalue weighted by atomic mass is 35.5. The van der Waals surface area contributed by atoms with E-state index in [9.17, 15) is 9.59 Å². The summed E-state index contributed by atoms with van der Waals surface area (Å²) < 4.78 is 0. The molecule has 0 bridgehead atoms. The minimum Gasteiger partial charge on any atom is -0.481 e. The molecule has 8 heteroatoms. The standard InChI is InChI=1S/C19H19Cl2N3O3/c20-14-3-1-2-13(9-14)19(27)23-16-10-15(21)11-22-18(16)24-6-4-12(5-7-24)8-17(25)26/h1-3,9-12H,4-8H2,(H,23,27)(H,25,26). The predicted octanol–water partition coefficient (Wildman–Crippen LogP) is 4.33. The fraction of sp³-hybridized carbons (Fsp3) is 0.316. The van der Waals surface area contributed by atoms with Crippen molar-refractivity contribution in [1.82, 2.24) is 4.98 Å². The van der Waals surface area contributed by atoms with E-state index < -0.39 is 5.97 Å². The molecule has 2 aromatic rings. The van der Waals surface area contributed by atoms with Gasteiger partial charge in [0.2, 0.25) is 0 Å². The Morgan fingerprint density at radius 2 is 1.93 bits per heavy atom. The van der Waals surface area contributed by atoms with Crippen molar-refractivity contribution < 1.29 is 14.7 Å². The van der Waals surface area contributed by atoms with Crippen molar-refractivity contribution in [3.05, 3.63) is 52.1 Å². The number of piperidine rings is 1. The lowest BCUT2D eigenvalue weighted by Crippen LogP contribution is -2.35. The summed E-state index contributed by atoms with van der Waals surface area (Å²) >= 11 is 12.0. The number of nitrogens with one attached hydrogen (secondary N) is 1. The molecule has 1 aliphatic rings. The van der Waals surface area contributed by atoms with E-state index >= 15 is 0 Å². The van der Waals surface area contributed by atoms with Gasteiger partial charge < -0.3 is 15.3 Å². The molecule has 2 heterocycles. The summed E-state index contributed by atoms with van der Waals surface area (Å²) in [4.78, 5) is 29.9. The predicted molar refractivity (Wildman–Crippen MR) is 106 cm³/mol. The van der Waals surface area contributed by atoms with Gasteiger partial charge >= 0.3 is 5.97 Å². The van der Waals surface area contributed by atoms with Gasteiger partial charge in [0.25, 0.3) is 5.91 Å². The quantitative estimate of drug-likeness (QED) is 0.770. The number of hydrogen-bond acceptors (Lipinski definition) is 4. The van der Waals surface area contributed by atoms with Crippen LogP contribution in [0.2, 0.25) is 10.0 Å². The van der Waals surface area contributed by atoms with Crippen molar-refractivity contribution in [2.24, 2.45) is 5.92 Å². The lowest BCUT2D eigenvalue weighted by atomic mass is 9.93. The Morgan fingerprint density at radius 3 is 2.59 bits per heavy atom. The lowest BCUT2D eigenvalue weighted by molar-refractivity contribution is -0.138. The number of benzene rings is 1. The number of aliphatic carboxylic acids is 1. The van der Waals surface area contributed by atoms with Crippen LogP contribution < -0.4 is 10.2 Å². The average molecular weight is 408 g/mol. The van der Waals surface area contributed by atoms with Crippen LogP contribution in [0.25, 0.3) is 0 Å². The third-order valence-electron chi connectivity index (χ3n) is 4.55. The number of aromatic nitrogens is 1. The summed E-state index contributed by atoms with van der Waals surface area (Å²) in [6, 6.07) is 8.34. The number of carbonyl (C=O) groups is 2. The molecule has 1 aliphatic heterocycles. The number of hydrogen-bond donors (Lipinski definition) is 2. The highest BCUT2D eigenvalue weighted by molar-refractivity contribution is 6.31. The van der Waals surface area contributed by atoms with E-state index in [4.69, 9.17) is 28.3 Å².